The summed E-state index contributed by atoms with van der Waals surface area (Å²) >= 11 is 5.05. The molecule has 2 rings (SSSR count). The summed E-state index contributed by atoms with van der Waals surface area (Å²) in [5.74, 6) is 0.0327. The van der Waals surface area contributed by atoms with E-state index in [1.54, 1.807) is 31.4 Å². The minimum absolute atomic E-state index is 0.0674. The van der Waals surface area contributed by atoms with Gasteiger partial charge in [0.1, 0.15) is 11.3 Å². The summed E-state index contributed by atoms with van der Waals surface area (Å²) in [4.78, 5) is 22.3. The van der Waals surface area contributed by atoms with Crippen LogP contribution in [-0.2, 0) is 0 Å². The van der Waals surface area contributed by atoms with E-state index in [-0.39, 0.29) is 16.4 Å². The van der Waals surface area contributed by atoms with Crippen LogP contribution in [0.25, 0.3) is 0 Å². The molecule has 0 aliphatic heterocycles. The van der Waals surface area contributed by atoms with Crippen molar-refractivity contribution >= 4 is 34.6 Å². The van der Waals surface area contributed by atoms with Crippen LogP contribution in [0.4, 0.5) is 11.4 Å². The third-order valence-electron chi connectivity index (χ3n) is 2.98. The molecule has 0 spiro atoms. The lowest BCUT2D eigenvalue weighted by Crippen LogP contribution is -2.43. The van der Waals surface area contributed by atoms with Crippen molar-refractivity contribution in [2.24, 2.45) is 0 Å². The molecule has 0 saturated carbocycles. The lowest BCUT2D eigenvalue weighted by molar-refractivity contribution is -0.385. The van der Waals surface area contributed by atoms with Gasteiger partial charge in [-0.05, 0) is 42.5 Å². The zero-order chi connectivity index (χ0) is 17.5. The van der Waals surface area contributed by atoms with Gasteiger partial charge < -0.3 is 10.1 Å². The van der Waals surface area contributed by atoms with Gasteiger partial charge in [0.2, 0.25) is 0 Å². The van der Waals surface area contributed by atoms with Crippen molar-refractivity contribution in [3.63, 3.8) is 0 Å². The molecule has 0 aliphatic rings. The Balaban J connectivity index is 1.93. The first-order valence-electron chi connectivity index (χ1n) is 6.76. The van der Waals surface area contributed by atoms with E-state index in [0.29, 0.717) is 11.4 Å². The van der Waals surface area contributed by atoms with Gasteiger partial charge in [0, 0.05) is 11.8 Å². The Bertz CT molecular complexity index is 764. The molecule has 0 heterocycles. The summed E-state index contributed by atoms with van der Waals surface area (Å²) < 4.78 is 5.04. The smallest absolute Gasteiger partial charge is 0.282 e. The van der Waals surface area contributed by atoms with Crippen LogP contribution in [0.5, 0.6) is 5.75 Å². The van der Waals surface area contributed by atoms with Gasteiger partial charge in [0.05, 0.1) is 12.0 Å². The Hall–Kier alpha value is -3.20. The molecule has 24 heavy (non-hydrogen) atoms. The molecule has 0 bridgehead atoms. The number of ether oxygens (including phenoxy) is 1. The molecule has 124 valence electrons. The molecular formula is C15H14N4O4S. The molecule has 0 fully saturated rings. The second kappa shape index (κ2) is 7.88. The van der Waals surface area contributed by atoms with E-state index in [0.717, 1.165) is 0 Å². The zero-order valence-electron chi connectivity index (χ0n) is 12.6. The Morgan fingerprint density at radius 2 is 1.79 bits per heavy atom. The fourth-order valence-electron chi connectivity index (χ4n) is 1.84. The third-order valence-corrected chi connectivity index (χ3v) is 3.19. The molecule has 9 heteroatoms. The number of benzene rings is 2. The minimum atomic E-state index is -0.666. The largest absolute Gasteiger partial charge is 0.497 e. The number of hydrazine groups is 1. The van der Waals surface area contributed by atoms with Crippen molar-refractivity contribution in [3.8, 4) is 5.75 Å². The SMILES string of the molecule is COc1ccc(NC(=S)NNC(=O)c2ccccc2[N+](=O)[O-])cc1. The van der Waals surface area contributed by atoms with Crippen LogP contribution in [0, 0.1) is 10.1 Å². The van der Waals surface area contributed by atoms with Crippen LogP contribution in [-0.4, -0.2) is 23.1 Å². The van der Waals surface area contributed by atoms with E-state index < -0.39 is 10.8 Å². The summed E-state index contributed by atoms with van der Waals surface area (Å²) in [6, 6.07) is 12.6. The average molecular weight is 346 g/mol. The van der Waals surface area contributed by atoms with Crippen molar-refractivity contribution in [1.82, 2.24) is 10.9 Å². The maximum absolute atomic E-state index is 12.0. The molecule has 0 radical (unpaired) electrons. The highest BCUT2D eigenvalue weighted by Crippen LogP contribution is 2.17. The number of para-hydroxylation sites is 1. The fourth-order valence-corrected chi connectivity index (χ4v) is 2.01. The summed E-state index contributed by atoms with van der Waals surface area (Å²) in [7, 11) is 1.56. The maximum Gasteiger partial charge on any atom is 0.282 e. The van der Waals surface area contributed by atoms with Gasteiger partial charge in [-0.2, -0.15) is 0 Å². The highest BCUT2D eigenvalue weighted by molar-refractivity contribution is 7.80. The van der Waals surface area contributed by atoms with E-state index in [2.05, 4.69) is 16.2 Å². The maximum atomic E-state index is 12.0. The number of thiocarbonyl (C=S) groups is 1. The number of anilines is 1. The number of nitrogens with one attached hydrogen (secondary N) is 3. The third kappa shape index (κ3) is 4.40. The van der Waals surface area contributed by atoms with Crippen LogP contribution in [0.1, 0.15) is 10.4 Å². The monoisotopic (exact) mass is 346 g/mol. The summed E-state index contributed by atoms with van der Waals surface area (Å²) in [6.45, 7) is 0. The van der Waals surface area contributed by atoms with Crippen molar-refractivity contribution in [3.05, 3.63) is 64.2 Å². The number of hydrogen-bond donors (Lipinski definition) is 3. The molecule has 0 aromatic heterocycles. The second-order valence-electron chi connectivity index (χ2n) is 4.54. The Kier molecular flexibility index (Phi) is 5.63. The molecule has 3 N–H and O–H groups in total. The zero-order valence-corrected chi connectivity index (χ0v) is 13.4. The van der Waals surface area contributed by atoms with Gasteiger partial charge in [0.15, 0.2) is 5.11 Å². The number of hydrogen-bond acceptors (Lipinski definition) is 5. The van der Waals surface area contributed by atoms with Gasteiger partial charge in [-0.1, -0.05) is 12.1 Å². The molecule has 8 nitrogen and oxygen atoms in total. The lowest BCUT2D eigenvalue weighted by atomic mass is 10.2. The topological polar surface area (TPSA) is 106 Å². The van der Waals surface area contributed by atoms with Crippen LogP contribution in [0.2, 0.25) is 0 Å². The summed E-state index contributed by atoms with van der Waals surface area (Å²) in [5.41, 5.74) is 5.14. The minimum Gasteiger partial charge on any atom is -0.497 e. The molecule has 2 aromatic carbocycles. The molecule has 0 aliphatic carbocycles. The van der Waals surface area contributed by atoms with Crippen molar-refractivity contribution in [2.45, 2.75) is 0 Å². The quantitative estimate of drug-likeness (QED) is 0.443. The van der Waals surface area contributed by atoms with E-state index in [4.69, 9.17) is 17.0 Å². The molecular weight excluding hydrogens is 332 g/mol. The molecule has 0 saturated heterocycles. The highest BCUT2D eigenvalue weighted by atomic mass is 32.1. The first-order chi connectivity index (χ1) is 11.5. The lowest BCUT2D eigenvalue weighted by Gasteiger charge is -2.12. The predicted molar refractivity (Wildman–Crippen MR) is 92.9 cm³/mol. The van der Waals surface area contributed by atoms with Crippen molar-refractivity contribution in [2.75, 3.05) is 12.4 Å². The molecule has 2 aromatic rings. The first-order valence-corrected chi connectivity index (χ1v) is 7.17. The Morgan fingerprint density at radius 1 is 1.12 bits per heavy atom. The van der Waals surface area contributed by atoms with Crippen molar-refractivity contribution in [1.29, 1.82) is 0 Å². The standard InChI is InChI=1S/C15H14N4O4S/c1-23-11-8-6-10(7-9-11)16-15(24)18-17-14(20)12-4-2-3-5-13(12)19(21)22/h2-9H,1H3,(H,17,20)(H2,16,18,24). The van der Waals surface area contributed by atoms with Crippen LogP contribution >= 0.6 is 12.2 Å². The van der Waals surface area contributed by atoms with E-state index in [9.17, 15) is 14.9 Å². The van der Waals surface area contributed by atoms with E-state index >= 15 is 0 Å². The predicted octanol–water partition coefficient (Wildman–Crippen LogP) is 2.23. The second-order valence-corrected chi connectivity index (χ2v) is 4.94. The van der Waals surface area contributed by atoms with Gasteiger partial charge >= 0.3 is 0 Å². The number of nitro benzene ring substituents is 1. The first kappa shape index (κ1) is 17.2. The summed E-state index contributed by atoms with van der Waals surface area (Å²) in [5, 5.41) is 13.9. The highest BCUT2D eigenvalue weighted by Gasteiger charge is 2.18. The molecule has 0 unspecified atom stereocenters. The average Bonchev–Trinajstić information content (AvgIpc) is 2.60. The summed E-state index contributed by atoms with van der Waals surface area (Å²) in [6.07, 6.45) is 0. The van der Waals surface area contributed by atoms with Crippen LogP contribution < -0.4 is 20.9 Å². The Labute approximate surface area is 142 Å². The number of carbonyl (C=O) groups is 1. The fraction of sp³-hybridized carbons (Fsp3) is 0.0667. The molecule has 0 atom stereocenters. The van der Waals surface area contributed by atoms with Crippen LogP contribution in [0.3, 0.4) is 0 Å². The Morgan fingerprint density at radius 3 is 2.42 bits per heavy atom. The van der Waals surface area contributed by atoms with Crippen molar-refractivity contribution < 1.29 is 14.5 Å². The van der Waals surface area contributed by atoms with Gasteiger partial charge in [-0.15, -0.1) is 0 Å². The number of methoxy groups -OCH3 is 1. The van der Waals surface area contributed by atoms with Gasteiger partial charge in [-0.3, -0.25) is 25.8 Å². The number of amides is 1. The van der Waals surface area contributed by atoms with Crippen LogP contribution in [0.15, 0.2) is 48.5 Å². The normalized spacial score (nSPS) is 9.71. The number of carbonyl (C=O) groups excluding carboxylic acids is 1. The van der Waals surface area contributed by atoms with E-state index in [1.807, 2.05) is 0 Å². The van der Waals surface area contributed by atoms with Gasteiger partial charge in [0.25, 0.3) is 11.6 Å². The van der Waals surface area contributed by atoms with Gasteiger partial charge in [-0.25, -0.2) is 0 Å². The number of rotatable bonds is 4. The number of nitrogens with zero attached hydrogens (tertiary/aromatic N) is 1. The molecule has 1 amide bonds. The van der Waals surface area contributed by atoms with E-state index in [1.165, 1.54) is 24.3 Å². The number of nitro groups is 1.